The van der Waals surface area contributed by atoms with Crippen LogP contribution in [0.25, 0.3) is 0 Å². The fraction of sp³-hybridized carbons (Fsp3) is 0.286. The Kier molecular flexibility index (Phi) is 4.77. The van der Waals surface area contributed by atoms with Crippen molar-refractivity contribution in [1.82, 2.24) is 4.72 Å². The first-order chi connectivity index (χ1) is 9.83. The van der Waals surface area contributed by atoms with E-state index in [9.17, 15) is 12.8 Å². The van der Waals surface area contributed by atoms with Crippen LogP contribution in [0.15, 0.2) is 34.5 Å². The van der Waals surface area contributed by atoms with Gasteiger partial charge in [-0.1, -0.05) is 12.1 Å². The van der Waals surface area contributed by atoms with Crippen LogP contribution in [-0.4, -0.2) is 8.42 Å². The molecule has 3 N–H and O–H groups in total. The van der Waals surface area contributed by atoms with E-state index in [-0.39, 0.29) is 10.0 Å². The minimum Gasteiger partial charge on any atom is -0.326 e. The lowest BCUT2D eigenvalue weighted by Crippen LogP contribution is -2.26. The zero-order chi connectivity index (χ0) is 15.6. The number of benzene rings is 1. The molecule has 7 heteroatoms. The monoisotopic (exact) mass is 328 g/mol. The van der Waals surface area contributed by atoms with Gasteiger partial charge >= 0.3 is 0 Å². The number of hydrogen-bond donors (Lipinski definition) is 2. The summed E-state index contributed by atoms with van der Waals surface area (Å²) < 4.78 is 40.4. The van der Waals surface area contributed by atoms with E-state index in [1.165, 1.54) is 23.5 Å². The average Bonchev–Trinajstić information content (AvgIpc) is 2.81. The summed E-state index contributed by atoms with van der Waals surface area (Å²) in [5, 5.41) is 0. The first-order valence-corrected chi connectivity index (χ1v) is 8.70. The van der Waals surface area contributed by atoms with E-state index in [4.69, 9.17) is 5.73 Å². The summed E-state index contributed by atoms with van der Waals surface area (Å²) in [7, 11) is -3.61. The SMILES string of the molecule is Cc1cc(S(=O)(=O)NC(C)c2ccc(F)cc2)sc1CN. The Bertz CT molecular complexity index is 724. The number of nitrogens with one attached hydrogen (secondary N) is 1. The molecule has 2 aromatic rings. The molecular weight excluding hydrogens is 311 g/mol. The van der Waals surface area contributed by atoms with Crippen LogP contribution >= 0.6 is 11.3 Å². The van der Waals surface area contributed by atoms with Crippen molar-refractivity contribution in [3.8, 4) is 0 Å². The molecule has 0 spiro atoms. The van der Waals surface area contributed by atoms with Crippen molar-refractivity contribution >= 4 is 21.4 Å². The zero-order valence-electron chi connectivity index (χ0n) is 11.8. The Morgan fingerprint density at radius 1 is 1.33 bits per heavy atom. The van der Waals surface area contributed by atoms with Crippen molar-refractivity contribution in [2.45, 2.75) is 30.6 Å². The van der Waals surface area contributed by atoms with Crippen LogP contribution in [0.3, 0.4) is 0 Å². The molecule has 2 rings (SSSR count). The van der Waals surface area contributed by atoms with E-state index < -0.39 is 16.1 Å². The molecule has 0 aliphatic heterocycles. The highest BCUT2D eigenvalue weighted by atomic mass is 32.2. The topological polar surface area (TPSA) is 72.2 Å². The number of sulfonamides is 1. The quantitative estimate of drug-likeness (QED) is 0.886. The maximum atomic E-state index is 12.9. The maximum absolute atomic E-state index is 12.9. The summed E-state index contributed by atoms with van der Waals surface area (Å²) >= 11 is 1.17. The third kappa shape index (κ3) is 3.68. The first kappa shape index (κ1) is 16.1. The summed E-state index contributed by atoms with van der Waals surface area (Å²) in [4.78, 5) is 0.852. The predicted molar refractivity (Wildman–Crippen MR) is 82.1 cm³/mol. The molecule has 1 aromatic carbocycles. The smallest absolute Gasteiger partial charge is 0.250 e. The standard InChI is InChI=1S/C14H17FN2O2S2/c1-9-7-14(20-13(9)8-16)21(18,19)17-10(2)11-3-5-12(15)6-4-11/h3-7,10,17H,8,16H2,1-2H3. The molecule has 0 saturated heterocycles. The number of thiophene rings is 1. The fourth-order valence-electron chi connectivity index (χ4n) is 1.93. The molecule has 21 heavy (non-hydrogen) atoms. The summed E-state index contributed by atoms with van der Waals surface area (Å²) in [5.74, 6) is -0.352. The van der Waals surface area contributed by atoms with Crippen molar-refractivity contribution in [1.29, 1.82) is 0 Å². The predicted octanol–water partition coefficient (Wildman–Crippen LogP) is 2.69. The van der Waals surface area contributed by atoms with Gasteiger partial charge in [0.2, 0.25) is 0 Å². The van der Waals surface area contributed by atoms with E-state index in [0.717, 1.165) is 10.4 Å². The van der Waals surface area contributed by atoms with Gasteiger partial charge in [-0.2, -0.15) is 0 Å². The first-order valence-electron chi connectivity index (χ1n) is 6.40. The Hall–Kier alpha value is -1.28. The molecule has 1 atom stereocenters. The fourth-order valence-corrected chi connectivity index (χ4v) is 4.65. The van der Waals surface area contributed by atoms with Crippen molar-refractivity contribution in [2.24, 2.45) is 5.73 Å². The van der Waals surface area contributed by atoms with E-state index in [2.05, 4.69) is 4.72 Å². The molecule has 114 valence electrons. The molecule has 0 aliphatic carbocycles. The Morgan fingerprint density at radius 2 is 1.95 bits per heavy atom. The third-order valence-electron chi connectivity index (χ3n) is 3.15. The summed E-state index contributed by atoms with van der Waals surface area (Å²) in [6.07, 6.45) is 0. The average molecular weight is 328 g/mol. The number of nitrogens with two attached hydrogens (primary N) is 1. The van der Waals surface area contributed by atoms with Gasteiger partial charge in [0.25, 0.3) is 10.0 Å². The Morgan fingerprint density at radius 3 is 2.48 bits per heavy atom. The summed E-state index contributed by atoms with van der Waals surface area (Å²) in [6, 6.07) is 6.91. The van der Waals surface area contributed by atoms with Gasteiger partial charge in [-0.05, 0) is 43.2 Å². The van der Waals surface area contributed by atoms with Gasteiger partial charge < -0.3 is 5.73 Å². The highest BCUT2D eigenvalue weighted by molar-refractivity contribution is 7.91. The Balaban J connectivity index is 2.22. The van der Waals surface area contributed by atoms with Gasteiger partial charge in [0, 0.05) is 17.5 Å². The highest BCUT2D eigenvalue weighted by Crippen LogP contribution is 2.27. The van der Waals surface area contributed by atoms with Crippen LogP contribution < -0.4 is 10.5 Å². The molecule has 1 heterocycles. The van der Waals surface area contributed by atoms with Crippen LogP contribution in [0.1, 0.15) is 29.0 Å². The zero-order valence-corrected chi connectivity index (χ0v) is 13.4. The van der Waals surface area contributed by atoms with Crippen molar-refractivity contribution in [3.63, 3.8) is 0 Å². The minimum atomic E-state index is -3.61. The third-order valence-corrected chi connectivity index (χ3v) is 6.42. The largest absolute Gasteiger partial charge is 0.326 e. The van der Waals surface area contributed by atoms with Gasteiger partial charge in [0.1, 0.15) is 10.0 Å². The molecule has 1 unspecified atom stereocenters. The Labute approximate surface area is 127 Å². The molecule has 0 bridgehead atoms. The van der Waals surface area contributed by atoms with Crippen LogP contribution in [0.2, 0.25) is 0 Å². The number of rotatable bonds is 5. The summed E-state index contributed by atoms with van der Waals surface area (Å²) in [6.45, 7) is 3.87. The van der Waals surface area contributed by atoms with Gasteiger partial charge in [-0.25, -0.2) is 17.5 Å². The van der Waals surface area contributed by atoms with Gasteiger partial charge in [0.05, 0.1) is 0 Å². The molecule has 0 amide bonds. The normalized spacial score (nSPS) is 13.3. The van der Waals surface area contributed by atoms with Gasteiger partial charge in [-0.15, -0.1) is 11.3 Å². The van der Waals surface area contributed by atoms with Gasteiger partial charge in [0.15, 0.2) is 0 Å². The maximum Gasteiger partial charge on any atom is 0.250 e. The summed E-state index contributed by atoms with van der Waals surface area (Å²) in [5.41, 5.74) is 7.15. The van der Waals surface area contributed by atoms with E-state index in [1.54, 1.807) is 25.1 Å². The second kappa shape index (κ2) is 6.23. The molecule has 0 fully saturated rings. The van der Waals surface area contributed by atoms with Gasteiger partial charge in [-0.3, -0.25) is 0 Å². The van der Waals surface area contributed by atoms with E-state index >= 15 is 0 Å². The van der Waals surface area contributed by atoms with Crippen molar-refractivity contribution in [2.75, 3.05) is 0 Å². The second-order valence-electron chi connectivity index (χ2n) is 4.77. The van der Waals surface area contributed by atoms with E-state index in [1.807, 2.05) is 6.92 Å². The van der Waals surface area contributed by atoms with Crippen LogP contribution in [-0.2, 0) is 16.6 Å². The lowest BCUT2D eigenvalue weighted by atomic mass is 10.1. The van der Waals surface area contributed by atoms with Crippen molar-refractivity contribution in [3.05, 3.63) is 52.2 Å². The lowest BCUT2D eigenvalue weighted by Gasteiger charge is -2.13. The number of aryl methyl sites for hydroxylation is 1. The molecule has 4 nitrogen and oxygen atoms in total. The lowest BCUT2D eigenvalue weighted by molar-refractivity contribution is 0.568. The molecule has 0 saturated carbocycles. The van der Waals surface area contributed by atoms with Crippen LogP contribution in [0.4, 0.5) is 4.39 Å². The molecule has 0 aliphatic rings. The second-order valence-corrected chi connectivity index (χ2v) is 7.85. The molecule has 1 aromatic heterocycles. The molecule has 0 radical (unpaired) electrons. The number of halogens is 1. The van der Waals surface area contributed by atoms with E-state index in [0.29, 0.717) is 12.1 Å². The van der Waals surface area contributed by atoms with Crippen LogP contribution in [0.5, 0.6) is 0 Å². The highest BCUT2D eigenvalue weighted by Gasteiger charge is 2.21. The van der Waals surface area contributed by atoms with Crippen LogP contribution in [0, 0.1) is 12.7 Å². The minimum absolute atomic E-state index is 0.245. The number of hydrogen-bond acceptors (Lipinski definition) is 4. The van der Waals surface area contributed by atoms with Crippen molar-refractivity contribution < 1.29 is 12.8 Å². The molecular formula is C14H17FN2O2S2.